The van der Waals surface area contributed by atoms with Gasteiger partial charge in [0.2, 0.25) is 0 Å². The largest absolute Gasteiger partial charge is 0.416 e. The Labute approximate surface area is 98.0 Å². The van der Waals surface area contributed by atoms with E-state index in [-0.39, 0.29) is 6.04 Å². The Bertz CT molecular complexity index is 368. The van der Waals surface area contributed by atoms with Crippen LogP contribution in [0.3, 0.4) is 0 Å². The minimum atomic E-state index is -4.26. The quantitative estimate of drug-likeness (QED) is 0.631. The predicted octanol–water partition coefficient (Wildman–Crippen LogP) is 2.49. The fourth-order valence-corrected chi connectivity index (χ4v) is 1.94. The number of benzene rings is 1. The zero-order chi connectivity index (χ0) is 12.5. The van der Waals surface area contributed by atoms with Crippen molar-refractivity contribution in [1.29, 1.82) is 0 Å². The Morgan fingerprint density at radius 1 is 1.24 bits per heavy atom. The maximum atomic E-state index is 12.4. The molecule has 2 nitrogen and oxygen atoms in total. The van der Waals surface area contributed by atoms with E-state index in [9.17, 15) is 13.2 Å². The summed E-state index contributed by atoms with van der Waals surface area (Å²) < 4.78 is 37.1. The van der Waals surface area contributed by atoms with Crippen LogP contribution in [-0.2, 0) is 12.6 Å². The highest BCUT2D eigenvalue weighted by Crippen LogP contribution is 2.34. The van der Waals surface area contributed by atoms with Crippen molar-refractivity contribution in [3.63, 3.8) is 0 Å². The number of halogens is 3. The second-order valence-corrected chi connectivity index (χ2v) is 4.51. The van der Waals surface area contributed by atoms with Crippen LogP contribution in [-0.4, -0.2) is 6.04 Å². The Balaban J connectivity index is 2.02. The fraction of sp³-hybridized carbons (Fsp3) is 0.500. The summed E-state index contributed by atoms with van der Waals surface area (Å²) in [4.78, 5) is 0. The maximum Gasteiger partial charge on any atom is 0.416 e. The summed E-state index contributed by atoms with van der Waals surface area (Å²) in [6.07, 6.45) is -1.29. The van der Waals surface area contributed by atoms with Gasteiger partial charge >= 0.3 is 6.18 Å². The van der Waals surface area contributed by atoms with Crippen LogP contribution in [0, 0.1) is 5.92 Å². The normalized spacial score (nSPS) is 18.1. The summed E-state index contributed by atoms with van der Waals surface area (Å²) in [6.45, 7) is 0. The van der Waals surface area contributed by atoms with Crippen LogP contribution in [0.15, 0.2) is 24.3 Å². The monoisotopic (exact) mass is 244 g/mol. The van der Waals surface area contributed by atoms with Crippen molar-refractivity contribution in [1.82, 2.24) is 5.43 Å². The van der Waals surface area contributed by atoms with Crippen molar-refractivity contribution in [3.05, 3.63) is 35.4 Å². The molecule has 17 heavy (non-hydrogen) atoms. The number of alkyl halides is 3. The van der Waals surface area contributed by atoms with E-state index in [2.05, 4.69) is 5.43 Å². The number of hydrogen-bond acceptors (Lipinski definition) is 2. The highest BCUT2D eigenvalue weighted by atomic mass is 19.4. The molecule has 1 saturated carbocycles. The first-order valence-corrected chi connectivity index (χ1v) is 5.63. The lowest BCUT2D eigenvalue weighted by Crippen LogP contribution is -2.38. The molecule has 1 aliphatic rings. The van der Waals surface area contributed by atoms with Gasteiger partial charge in [-0.3, -0.25) is 11.3 Å². The highest BCUT2D eigenvalue weighted by molar-refractivity contribution is 5.25. The van der Waals surface area contributed by atoms with E-state index in [0.717, 1.165) is 30.5 Å². The summed E-state index contributed by atoms with van der Waals surface area (Å²) in [5.41, 5.74) is 3.01. The molecule has 1 aliphatic carbocycles. The van der Waals surface area contributed by atoms with Crippen LogP contribution in [0.25, 0.3) is 0 Å². The summed E-state index contributed by atoms with van der Waals surface area (Å²) in [5.74, 6) is 6.00. The molecule has 1 unspecified atom stereocenters. The minimum Gasteiger partial charge on any atom is -0.271 e. The van der Waals surface area contributed by atoms with Gasteiger partial charge in [-0.15, -0.1) is 0 Å². The van der Waals surface area contributed by atoms with Gasteiger partial charge in [0.1, 0.15) is 0 Å². The van der Waals surface area contributed by atoms with Crippen LogP contribution in [0.2, 0.25) is 0 Å². The van der Waals surface area contributed by atoms with Gasteiger partial charge in [-0.1, -0.05) is 12.1 Å². The molecule has 1 fully saturated rings. The molecule has 1 aromatic carbocycles. The van der Waals surface area contributed by atoms with Crippen molar-refractivity contribution in [2.45, 2.75) is 31.5 Å². The molecule has 1 aromatic rings. The van der Waals surface area contributed by atoms with Gasteiger partial charge in [-0.2, -0.15) is 13.2 Å². The van der Waals surface area contributed by atoms with Crippen LogP contribution >= 0.6 is 0 Å². The van der Waals surface area contributed by atoms with Gasteiger partial charge < -0.3 is 0 Å². The minimum absolute atomic E-state index is 0.173. The number of hydrogen-bond donors (Lipinski definition) is 2. The summed E-state index contributed by atoms with van der Waals surface area (Å²) >= 11 is 0. The molecule has 0 bridgehead atoms. The molecule has 2 rings (SSSR count). The third-order valence-corrected chi connectivity index (χ3v) is 3.14. The molecule has 0 radical (unpaired) electrons. The molecule has 0 spiro atoms. The van der Waals surface area contributed by atoms with E-state index in [4.69, 9.17) is 5.84 Å². The smallest absolute Gasteiger partial charge is 0.271 e. The first-order valence-electron chi connectivity index (χ1n) is 5.63. The number of rotatable bonds is 4. The molecule has 1 atom stereocenters. The van der Waals surface area contributed by atoms with E-state index in [1.54, 1.807) is 0 Å². The standard InChI is InChI=1S/C12H15F3N2/c13-12(14,15)10-5-1-8(2-6-10)7-11(17-16)9-3-4-9/h1-2,5-6,9,11,17H,3-4,7,16H2. The Morgan fingerprint density at radius 3 is 2.24 bits per heavy atom. The Hall–Kier alpha value is -1.07. The highest BCUT2D eigenvalue weighted by Gasteiger charge is 2.32. The van der Waals surface area contributed by atoms with Crippen molar-refractivity contribution < 1.29 is 13.2 Å². The second-order valence-electron chi connectivity index (χ2n) is 4.51. The van der Waals surface area contributed by atoms with Crippen molar-refractivity contribution >= 4 is 0 Å². The number of nitrogens with two attached hydrogens (primary N) is 1. The summed E-state index contributed by atoms with van der Waals surface area (Å²) in [5, 5.41) is 0. The van der Waals surface area contributed by atoms with Crippen molar-refractivity contribution in [2.24, 2.45) is 11.8 Å². The summed E-state index contributed by atoms with van der Waals surface area (Å²) in [6, 6.07) is 5.46. The van der Waals surface area contributed by atoms with E-state index < -0.39 is 11.7 Å². The van der Waals surface area contributed by atoms with E-state index >= 15 is 0 Å². The fourth-order valence-electron chi connectivity index (χ4n) is 1.94. The number of hydrazine groups is 1. The van der Waals surface area contributed by atoms with Gasteiger partial charge in [0, 0.05) is 6.04 Å². The molecule has 0 amide bonds. The maximum absolute atomic E-state index is 12.4. The lowest BCUT2D eigenvalue weighted by molar-refractivity contribution is -0.137. The van der Waals surface area contributed by atoms with Crippen molar-refractivity contribution in [2.75, 3.05) is 0 Å². The third-order valence-electron chi connectivity index (χ3n) is 3.14. The molecule has 0 aliphatic heterocycles. The van der Waals surface area contributed by atoms with Gasteiger partial charge in [0.15, 0.2) is 0 Å². The first-order chi connectivity index (χ1) is 8.00. The Morgan fingerprint density at radius 2 is 1.82 bits per heavy atom. The average Bonchev–Trinajstić information content (AvgIpc) is 3.09. The van der Waals surface area contributed by atoms with Crippen LogP contribution in [0.4, 0.5) is 13.2 Å². The van der Waals surface area contributed by atoms with E-state index in [1.165, 1.54) is 12.1 Å². The zero-order valence-electron chi connectivity index (χ0n) is 9.30. The zero-order valence-corrected chi connectivity index (χ0v) is 9.30. The molecule has 3 N–H and O–H groups in total. The predicted molar refractivity (Wildman–Crippen MR) is 59.0 cm³/mol. The first kappa shape index (κ1) is 12.4. The lowest BCUT2D eigenvalue weighted by atomic mass is 10.0. The third kappa shape index (κ3) is 3.20. The van der Waals surface area contributed by atoms with E-state index in [1.807, 2.05) is 0 Å². The molecule has 0 heterocycles. The SMILES string of the molecule is NNC(Cc1ccc(C(F)(F)F)cc1)C1CC1. The van der Waals surface area contributed by atoms with Gasteiger partial charge in [0.05, 0.1) is 5.56 Å². The topological polar surface area (TPSA) is 38.0 Å². The lowest BCUT2D eigenvalue weighted by Gasteiger charge is -2.15. The van der Waals surface area contributed by atoms with Crippen LogP contribution in [0.1, 0.15) is 24.0 Å². The molecule has 0 aromatic heterocycles. The van der Waals surface area contributed by atoms with Crippen molar-refractivity contribution in [3.8, 4) is 0 Å². The molecular weight excluding hydrogens is 229 g/mol. The van der Waals surface area contributed by atoms with Gasteiger partial charge in [0.25, 0.3) is 0 Å². The molecule has 5 heteroatoms. The van der Waals surface area contributed by atoms with Gasteiger partial charge in [-0.05, 0) is 42.9 Å². The van der Waals surface area contributed by atoms with Gasteiger partial charge in [-0.25, -0.2) is 0 Å². The van der Waals surface area contributed by atoms with E-state index in [0.29, 0.717) is 12.3 Å². The summed E-state index contributed by atoms with van der Waals surface area (Å²) in [7, 11) is 0. The van der Waals surface area contributed by atoms with Crippen LogP contribution < -0.4 is 11.3 Å². The molecule has 0 saturated heterocycles. The second kappa shape index (κ2) is 4.66. The molecular formula is C12H15F3N2. The molecule has 94 valence electrons. The Kier molecular flexibility index (Phi) is 3.40. The average molecular weight is 244 g/mol. The number of nitrogens with one attached hydrogen (secondary N) is 1. The van der Waals surface area contributed by atoms with Crippen LogP contribution in [0.5, 0.6) is 0 Å².